The molecule has 1 heterocycles. The summed E-state index contributed by atoms with van der Waals surface area (Å²) in [7, 11) is 1.48. The number of methoxy groups -OCH3 is 1. The number of carbonyl (C=O) groups is 1. The van der Waals surface area contributed by atoms with Crippen LogP contribution in [0.2, 0.25) is 0 Å². The van der Waals surface area contributed by atoms with Crippen LogP contribution in [0.5, 0.6) is 5.75 Å². The first-order valence-corrected chi connectivity index (χ1v) is 8.98. The molecule has 7 heteroatoms. The highest BCUT2D eigenvalue weighted by Crippen LogP contribution is 2.43. The number of hydrogen-bond donors (Lipinski definition) is 4. The monoisotopic (exact) mass is 366 g/mol. The lowest BCUT2D eigenvalue weighted by molar-refractivity contribution is -0.189. The Morgan fingerprint density at radius 2 is 1.85 bits per heavy atom. The Morgan fingerprint density at radius 3 is 2.46 bits per heavy atom. The summed E-state index contributed by atoms with van der Waals surface area (Å²) in [6.07, 6.45) is -0.917. The average molecular weight is 366 g/mol. The first-order valence-electron chi connectivity index (χ1n) is 8.98. The molecule has 4 unspecified atom stereocenters. The number of ether oxygens (including phenoxy) is 2. The quantitative estimate of drug-likeness (QED) is 0.631. The zero-order valence-electron chi connectivity index (χ0n) is 14.8. The molecule has 1 aromatic rings. The van der Waals surface area contributed by atoms with Crippen molar-refractivity contribution in [2.24, 2.45) is 0 Å². The molecule has 1 aliphatic heterocycles. The van der Waals surface area contributed by atoms with Crippen molar-refractivity contribution in [1.82, 2.24) is 0 Å². The maximum absolute atomic E-state index is 12.1. The van der Waals surface area contributed by atoms with Crippen LogP contribution in [0, 0.1) is 0 Å². The highest BCUT2D eigenvalue weighted by Gasteiger charge is 2.44. The number of aliphatic hydroxyl groups is 3. The molecule has 2 aliphatic rings. The molecule has 0 aromatic heterocycles. The molecule has 1 saturated heterocycles. The summed E-state index contributed by atoms with van der Waals surface area (Å²) in [6, 6.07) is 5.14. The van der Waals surface area contributed by atoms with Gasteiger partial charge in [-0.15, -0.1) is 0 Å². The molecule has 4 atom stereocenters. The highest BCUT2D eigenvalue weighted by atomic mass is 16.5. The fraction of sp³-hybridized carbons (Fsp3) is 0.632. The molecular formula is C19H26O7. The second-order valence-corrected chi connectivity index (χ2v) is 7.21. The molecule has 1 aliphatic carbocycles. The number of carboxylic acid groups (broad SMARTS) is 1. The second kappa shape index (κ2) is 7.52. The van der Waals surface area contributed by atoms with Crippen LogP contribution < -0.4 is 4.74 Å². The van der Waals surface area contributed by atoms with Crippen LogP contribution >= 0.6 is 0 Å². The fourth-order valence-corrected chi connectivity index (χ4v) is 4.12. The van der Waals surface area contributed by atoms with Gasteiger partial charge in [0.25, 0.3) is 0 Å². The molecule has 0 bridgehead atoms. The van der Waals surface area contributed by atoms with E-state index in [-0.39, 0.29) is 6.61 Å². The zero-order valence-corrected chi connectivity index (χ0v) is 14.8. The summed E-state index contributed by atoms with van der Waals surface area (Å²) in [5.41, 5.74) is 0.170. The minimum Gasteiger partial charge on any atom is -0.496 e. The van der Waals surface area contributed by atoms with Crippen LogP contribution in [0.25, 0.3) is 0 Å². The molecule has 1 aromatic carbocycles. The van der Waals surface area contributed by atoms with Gasteiger partial charge in [-0.1, -0.05) is 25.3 Å². The number of rotatable bonds is 4. The van der Waals surface area contributed by atoms with Crippen molar-refractivity contribution in [3.8, 4) is 5.75 Å². The summed E-state index contributed by atoms with van der Waals surface area (Å²) in [5, 5.41) is 39.9. The van der Waals surface area contributed by atoms with Crippen LogP contribution in [0.1, 0.15) is 49.3 Å². The predicted octanol–water partition coefficient (Wildman–Crippen LogP) is 1.14. The standard InChI is InChI=1S/C19H26O7/c1-25-14-6-5-11(19(18(23)24)7-3-2-4-8-19)9-12(14)17-16(22)15(21)13(20)10-26-17/h5-6,9,13,15-17,20-22H,2-4,7-8,10H2,1H3,(H,23,24). The van der Waals surface area contributed by atoms with Crippen LogP contribution in [-0.2, 0) is 14.9 Å². The molecule has 26 heavy (non-hydrogen) atoms. The first-order chi connectivity index (χ1) is 12.4. The predicted molar refractivity (Wildman–Crippen MR) is 92.1 cm³/mol. The van der Waals surface area contributed by atoms with Crippen molar-refractivity contribution >= 4 is 5.97 Å². The van der Waals surface area contributed by atoms with Crippen molar-refractivity contribution in [2.75, 3.05) is 13.7 Å². The van der Waals surface area contributed by atoms with Gasteiger partial charge in [-0.3, -0.25) is 4.79 Å². The summed E-state index contributed by atoms with van der Waals surface area (Å²) in [4.78, 5) is 12.1. The molecule has 4 N–H and O–H groups in total. The van der Waals surface area contributed by atoms with Gasteiger partial charge in [0.1, 0.15) is 30.2 Å². The van der Waals surface area contributed by atoms with E-state index in [1.54, 1.807) is 18.2 Å². The molecule has 1 saturated carbocycles. The lowest BCUT2D eigenvalue weighted by atomic mass is 9.69. The van der Waals surface area contributed by atoms with Gasteiger partial charge in [-0.2, -0.15) is 0 Å². The maximum Gasteiger partial charge on any atom is 0.314 e. The molecule has 0 amide bonds. The largest absolute Gasteiger partial charge is 0.496 e. The van der Waals surface area contributed by atoms with E-state index in [0.717, 1.165) is 19.3 Å². The Kier molecular flexibility index (Phi) is 5.53. The summed E-state index contributed by atoms with van der Waals surface area (Å²) >= 11 is 0. The van der Waals surface area contributed by atoms with Gasteiger partial charge in [0, 0.05) is 5.56 Å². The Balaban J connectivity index is 2.03. The Hall–Kier alpha value is -1.67. The van der Waals surface area contributed by atoms with Crippen molar-refractivity contribution in [2.45, 2.75) is 61.9 Å². The molecule has 0 spiro atoms. The molecule has 3 rings (SSSR count). The molecule has 144 valence electrons. The minimum atomic E-state index is -1.34. The second-order valence-electron chi connectivity index (χ2n) is 7.21. The van der Waals surface area contributed by atoms with Gasteiger partial charge >= 0.3 is 5.97 Å². The molecular weight excluding hydrogens is 340 g/mol. The van der Waals surface area contributed by atoms with Gasteiger partial charge in [-0.25, -0.2) is 0 Å². The van der Waals surface area contributed by atoms with Gasteiger partial charge < -0.3 is 29.9 Å². The molecule has 7 nitrogen and oxygen atoms in total. The Labute approximate surface area is 152 Å². The van der Waals surface area contributed by atoms with E-state index >= 15 is 0 Å². The number of benzene rings is 1. The topological polar surface area (TPSA) is 116 Å². The lowest BCUT2D eigenvalue weighted by Crippen LogP contribution is -2.49. The fourth-order valence-electron chi connectivity index (χ4n) is 4.12. The third kappa shape index (κ3) is 3.20. The molecule has 2 fully saturated rings. The van der Waals surface area contributed by atoms with Gasteiger partial charge in [0.15, 0.2) is 0 Å². The summed E-state index contributed by atoms with van der Waals surface area (Å²) in [5.74, 6) is -0.411. The first kappa shape index (κ1) is 19.1. The van der Waals surface area contributed by atoms with E-state index in [9.17, 15) is 25.2 Å². The average Bonchev–Trinajstić information content (AvgIpc) is 2.66. The van der Waals surface area contributed by atoms with Gasteiger partial charge in [0.2, 0.25) is 0 Å². The van der Waals surface area contributed by atoms with E-state index < -0.39 is 35.8 Å². The number of carboxylic acids is 1. The van der Waals surface area contributed by atoms with Gasteiger partial charge in [0.05, 0.1) is 19.1 Å². The molecule has 0 radical (unpaired) electrons. The third-order valence-corrected chi connectivity index (χ3v) is 5.71. The van der Waals surface area contributed by atoms with E-state index in [4.69, 9.17) is 9.47 Å². The lowest BCUT2D eigenvalue weighted by Gasteiger charge is -2.37. The minimum absolute atomic E-state index is 0.125. The summed E-state index contributed by atoms with van der Waals surface area (Å²) < 4.78 is 10.9. The van der Waals surface area contributed by atoms with Crippen LogP contribution in [0.3, 0.4) is 0 Å². The maximum atomic E-state index is 12.1. The third-order valence-electron chi connectivity index (χ3n) is 5.71. The van der Waals surface area contributed by atoms with Crippen molar-refractivity contribution < 1.29 is 34.7 Å². The smallest absolute Gasteiger partial charge is 0.314 e. The van der Waals surface area contributed by atoms with E-state index in [1.165, 1.54) is 7.11 Å². The van der Waals surface area contributed by atoms with Crippen LogP contribution in [0.15, 0.2) is 18.2 Å². The van der Waals surface area contributed by atoms with Crippen LogP contribution in [0.4, 0.5) is 0 Å². The van der Waals surface area contributed by atoms with Crippen molar-refractivity contribution in [3.63, 3.8) is 0 Å². The van der Waals surface area contributed by atoms with Crippen molar-refractivity contribution in [3.05, 3.63) is 29.3 Å². The number of aliphatic carboxylic acids is 1. The van der Waals surface area contributed by atoms with Crippen LogP contribution in [-0.4, -0.2) is 58.4 Å². The number of hydrogen-bond acceptors (Lipinski definition) is 6. The van der Waals surface area contributed by atoms with E-state index in [0.29, 0.717) is 29.7 Å². The highest BCUT2D eigenvalue weighted by molar-refractivity contribution is 5.81. The van der Waals surface area contributed by atoms with E-state index in [1.807, 2.05) is 0 Å². The SMILES string of the molecule is COc1ccc(C2(C(=O)O)CCCCC2)cc1C1OCC(O)C(O)C1O. The Bertz CT molecular complexity index is 653. The Morgan fingerprint density at radius 1 is 1.15 bits per heavy atom. The van der Waals surface area contributed by atoms with E-state index in [2.05, 4.69) is 0 Å². The van der Waals surface area contributed by atoms with Crippen molar-refractivity contribution in [1.29, 1.82) is 0 Å². The number of aliphatic hydroxyl groups excluding tert-OH is 3. The van der Waals surface area contributed by atoms with Gasteiger partial charge in [-0.05, 0) is 30.5 Å². The summed E-state index contributed by atoms with van der Waals surface area (Å²) in [6.45, 7) is -0.125. The normalized spacial score (nSPS) is 31.4. The zero-order chi connectivity index (χ0) is 18.9.